The van der Waals surface area contributed by atoms with Crippen LogP contribution in [0.5, 0.6) is 0 Å². The fourth-order valence-corrected chi connectivity index (χ4v) is 3.04. The van der Waals surface area contributed by atoms with E-state index in [1.807, 2.05) is 19.0 Å². The molecule has 1 atom stereocenters. The Labute approximate surface area is 130 Å². The largest absolute Gasteiger partial charge is 0.343 e. The van der Waals surface area contributed by atoms with Gasteiger partial charge in [0.2, 0.25) is 5.91 Å². The van der Waals surface area contributed by atoms with Crippen molar-refractivity contribution in [3.8, 4) is 0 Å². The first-order chi connectivity index (χ1) is 10.2. The number of carbonyl (C=O) groups excluding carboxylic acids is 1. The SMILES string of the molecule is CNCCC1CCCN1C.CNCCCN1CCCC1=O. The lowest BCUT2D eigenvalue weighted by atomic mass is 10.1. The molecule has 2 aliphatic rings. The van der Waals surface area contributed by atoms with Crippen molar-refractivity contribution in [2.24, 2.45) is 0 Å². The van der Waals surface area contributed by atoms with Gasteiger partial charge in [0.05, 0.1) is 0 Å². The summed E-state index contributed by atoms with van der Waals surface area (Å²) in [5.41, 5.74) is 0. The van der Waals surface area contributed by atoms with E-state index in [0.29, 0.717) is 5.91 Å². The van der Waals surface area contributed by atoms with Crippen LogP contribution < -0.4 is 10.6 Å². The molecule has 2 saturated heterocycles. The molecular formula is C16H34N4O. The van der Waals surface area contributed by atoms with E-state index >= 15 is 0 Å². The first-order valence-corrected chi connectivity index (χ1v) is 8.46. The number of nitrogens with one attached hydrogen (secondary N) is 2. The summed E-state index contributed by atoms with van der Waals surface area (Å²) in [6, 6.07) is 0.854. The maximum atomic E-state index is 11.1. The van der Waals surface area contributed by atoms with E-state index in [-0.39, 0.29) is 0 Å². The highest BCUT2D eigenvalue weighted by atomic mass is 16.2. The molecule has 2 rings (SSSR count). The molecule has 21 heavy (non-hydrogen) atoms. The summed E-state index contributed by atoms with van der Waals surface area (Å²) in [7, 11) is 6.19. The molecule has 1 amide bonds. The molecular weight excluding hydrogens is 264 g/mol. The molecule has 2 fully saturated rings. The summed E-state index contributed by atoms with van der Waals surface area (Å²) in [6.07, 6.45) is 7.00. The van der Waals surface area contributed by atoms with Crippen molar-refractivity contribution >= 4 is 5.91 Å². The molecule has 2 aliphatic heterocycles. The lowest BCUT2D eigenvalue weighted by Crippen LogP contribution is -2.27. The zero-order valence-electron chi connectivity index (χ0n) is 14.2. The quantitative estimate of drug-likeness (QED) is 0.686. The number of nitrogens with zero attached hydrogens (tertiary/aromatic N) is 2. The third-order valence-electron chi connectivity index (χ3n) is 4.43. The summed E-state index contributed by atoms with van der Waals surface area (Å²) in [5.74, 6) is 0.334. The van der Waals surface area contributed by atoms with Gasteiger partial charge in [0.1, 0.15) is 0 Å². The van der Waals surface area contributed by atoms with E-state index < -0.39 is 0 Å². The molecule has 5 heteroatoms. The van der Waals surface area contributed by atoms with Gasteiger partial charge in [0.25, 0.3) is 0 Å². The highest BCUT2D eigenvalue weighted by Gasteiger charge is 2.19. The van der Waals surface area contributed by atoms with Crippen molar-refractivity contribution in [3.05, 3.63) is 0 Å². The highest BCUT2D eigenvalue weighted by molar-refractivity contribution is 5.77. The van der Waals surface area contributed by atoms with E-state index in [1.165, 1.54) is 25.8 Å². The van der Waals surface area contributed by atoms with Crippen molar-refractivity contribution in [1.29, 1.82) is 0 Å². The highest BCUT2D eigenvalue weighted by Crippen LogP contribution is 2.16. The van der Waals surface area contributed by atoms with Crippen LogP contribution in [-0.4, -0.2) is 75.6 Å². The molecule has 0 spiro atoms. The van der Waals surface area contributed by atoms with Crippen LogP contribution in [0, 0.1) is 0 Å². The van der Waals surface area contributed by atoms with Crippen LogP contribution in [0.15, 0.2) is 0 Å². The second-order valence-electron chi connectivity index (χ2n) is 6.11. The van der Waals surface area contributed by atoms with Gasteiger partial charge in [-0.2, -0.15) is 0 Å². The molecule has 0 aromatic rings. The van der Waals surface area contributed by atoms with Gasteiger partial charge in [-0.3, -0.25) is 4.79 Å². The van der Waals surface area contributed by atoms with Gasteiger partial charge < -0.3 is 20.4 Å². The lowest BCUT2D eigenvalue weighted by molar-refractivity contribution is -0.127. The molecule has 0 bridgehead atoms. The lowest BCUT2D eigenvalue weighted by Gasteiger charge is -2.18. The predicted molar refractivity (Wildman–Crippen MR) is 88.6 cm³/mol. The van der Waals surface area contributed by atoms with Gasteiger partial charge in [0, 0.05) is 25.6 Å². The summed E-state index contributed by atoms with van der Waals surface area (Å²) in [6.45, 7) is 5.37. The molecule has 1 unspecified atom stereocenters. The minimum Gasteiger partial charge on any atom is -0.343 e. The second-order valence-corrected chi connectivity index (χ2v) is 6.11. The summed E-state index contributed by atoms with van der Waals surface area (Å²) in [5, 5.41) is 6.26. The number of rotatable bonds is 7. The van der Waals surface area contributed by atoms with Gasteiger partial charge in [-0.05, 0) is 72.9 Å². The number of likely N-dealkylation sites (tertiary alicyclic amines) is 2. The van der Waals surface area contributed by atoms with Crippen LogP contribution in [0.1, 0.15) is 38.5 Å². The van der Waals surface area contributed by atoms with E-state index in [4.69, 9.17) is 0 Å². The number of hydrogen-bond donors (Lipinski definition) is 2. The zero-order valence-corrected chi connectivity index (χ0v) is 14.2. The molecule has 0 aliphatic carbocycles. The van der Waals surface area contributed by atoms with Gasteiger partial charge >= 0.3 is 0 Å². The van der Waals surface area contributed by atoms with Crippen molar-refractivity contribution in [2.75, 3.05) is 53.9 Å². The van der Waals surface area contributed by atoms with Gasteiger partial charge in [0.15, 0.2) is 0 Å². The Bertz CT molecular complexity index is 285. The number of amides is 1. The first-order valence-electron chi connectivity index (χ1n) is 8.46. The standard InChI is InChI=1S/C8H16N2O.C8H18N2/c1-9-5-3-7-10-6-2-4-8(10)11;1-9-6-5-8-4-3-7-10(8)2/h9H,2-7H2,1H3;8-9H,3-7H2,1-2H3. The van der Waals surface area contributed by atoms with Crippen molar-refractivity contribution < 1.29 is 4.79 Å². The molecule has 124 valence electrons. The Hall–Kier alpha value is -0.650. The Kier molecular flexibility index (Phi) is 9.63. The third kappa shape index (κ3) is 7.25. The van der Waals surface area contributed by atoms with E-state index in [1.54, 1.807) is 0 Å². The minimum atomic E-state index is 0.334. The Morgan fingerprint density at radius 2 is 1.90 bits per heavy atom. The fourth-order valence-electron chi connectivity index (χ4n) is 3.04. The fraction of sp³-hybridized carbons (Fsp3) is 0.938. The monoisotopic (exact) mass is 298 g/mol. The number of hydrogen-bond acceptors (Lipinski definition) is 4. The maximum absolute atomic E-state index is 11.1. The van der Waals surface area contributed by atoms with E-state index in [9.17, 15) is 4.79 Å². The summed E-state index contributed by atoms with van der Waals surface area (Å²) in [4.78, 5) is 15.5. The van der Waals surface area contributed by atoms with Crippen molar-refractivity contribution in [3.63, 3.8) is 0 Å². The van der Waals surface area contributed by atoms with Gasteiger partial charge in [-0.15, -0.1) is 0 Å². The average molecular weight is 298 g/mol. The molecule has 0 saturated carbocycles. The molecule has 2 N–H and O–H groups in total. The van der Waals surface area contributed by atoms with Crippen LogP contribution >= 0.6 is 0 Å². The van der Waals surface area contributed by atoms with Gasteiger partial charge in [-0.25, -0.2) is 0 Å². The van der Waals surface area contributed by atoms with Crippen molar-refractivity contribution in [2.45, 2.75) is 44.6 Å². The Balaban J connectivity index is 0.000000211. The van der Waals surface area contributed by atoms with Crippen LogP contribution in [0.4, 0.5) is 0 Å². The van der Waals surface area contributed by atoms with E-state index in [0.717, 1.165) is 51.5 Å². The molecule has 0 radical (unpaired) electrons. The Morgan fingerprint density at radius 1 is 1.14 bits per heavy atom. The van der Waals surface area contributed by atoms with Crippen LogP contribution in [-0.2, 0) is 4.79 Å². The van der Waals surface area contributed by atoms with Crippen LogP contribution in [0.25, 0.3) is 0 Å². The normalized spacial score (nSPS) is 22.5. The summed E-state index contributed by atoms with van der Waals surface area (Å²) >= 11 is 0. The maximum Gasteiger partial charge on any atom is 0.222 e. The Morgan fingerprint density at radius 3 is 2.43 bits per heavy atom. The minimum absolute atomic E-state index is 0.334. The first kappa shape index (κ1) is 18.4. The predicted octanol–water partition coefficient (Wildman–Crippen LogP) is 0.908. The van der Waals surface area contributed by atoms with Gasteiger partial charge in [-0.1, -0.05) is 0 Å². The zero-order chi connectivity index (χ0) is 15.5. The van der Waals surface area contributed by atoms with E-state index in [2.05, 4.69) is 22.6 Å². The molecule has 0 aromatic heterocycles. The van der Waals surface area contributed by atoms with Crippen LogP contribution in [0.2, 0.25) is 0 Å². The molecule has 5 nitrogen and oxygen atoms in total. The third-order valence-corrected chi connectivity index (χ3v) is 4.43. The molecule has 0 aromatic carbocycles. The molecule has 2 heterocycles. The second kappa shape index (κ2) is 11.0. The average Bonchev–Trinajstić information content (AvgIpc) is 3.07. The van der Waals surface area contributed by atoms with Crippen molar-refractivity contribution in [1.82, 2.24) is 20.4 Å². The van der Waals surface area contributed by atoms with Crippen LogP contribution in [0.3, 0.4) is 0 Å². The summed E-state index contributed by atoms with van der Waals surface area (Å²) < 4.78 is 0. The number of carbonyl (C=O) groups is 1. The smallest absolute Gasteiger partial charge is 0.222 e. The topological polar surface area (TPSA) is 47.6 Å².